The van der Waals surface area contributed by atoms with Crippen LogP contribution in [0.25, 0.3) is 0 Å². The first kappa shape index (κ1) is 33.9. The molecule has 2 amide bonds. The molecule has 0 saturated carbocycles. The van der Waals surface area contributed by atoms with Crippen molar-refractivity contribution >= 4 is 43.5 Å². The van der Waals surface area contributed by atoms with E-state index >= 15 is 0 Å². The summed E-state index contributed by atoms with van der Waals surface area (Å²) in [5, 5.41) is 3.06. The van der Waals surface area contributed by atoms with Gasteiger partial charge in [-0.3, -0.25) is 13.9 Å². The highest BCUT2D eigenvalue weighted by Crippen LogP contribution is 2.26. The second-order valence-corrected chi connectivity index (χ2v) is 14.1. The Kier molecular flexibility index (Phi) is 11.6. The summed E-state index contributed by atoms with van der Waals surface area (Å²) in [4.78, 5) is 30.0. The quantitative estimate of drug-likeness (QED) is 0.167. The lowest BCUT2D eigenvalue weighted by atomic mass is 10.0. The maximum Gasteiger partial charge on any atom is 0.264 e. The Hall–Kier alpha value is -3.95. The predicted molar refractivity (Wildman–Crippen MR) is 183 cm³/mol. The predicted octanol–water partition coefficient (Wildman–Crippen LogP) is 6.82. The average molecular weight is 691 g/mol. The Balaban J connectivity index is 1.80. The van der Waals surface area contributed by atoms with Crippen LogP contribution in [0.4, 0.5) is 5.69 Å². The number of aryl methyl sites for hydroxylation is 2. The molecule has 7 nitrogen and oxygen atoms in total. The van der Waals surface area contributed by atoms with Gasteiger partial charge in [0.05, 0.1) is 10.6 Å². The first-order chi connectivity index (χ1) is 21.5. The topological polar surface area (TPSA) is 86.8 Å². The Bertz CT molecular complexity index is 1690. The Morgan fingerprint density at radius 3 is 2.11 bits per heavy atom. The number of nitrogens with one attached hydrogen (secondary N) is 1. The zero-order valence-electron chi connectivity index (χ0n) is 26.1. The maximum atomic E-state index is 14.5. The standard InChI is InChI=1S/C36H40BrN3O4S/c1-5-28(4)38-36(42)34(23-29-11-7-6-8-12-29)39(24-30-16-18-31(37)19-17-30)35(41)25-40(32-13-9-10-27(3)22-32)45(43,44)33-20-14-26(2)15-21-33/h6-22,28,34H,5,23-25H2,1-4H3,(H,38,42)/t28-,34+/m1/s1. The molecule has 4 aromatic rings. The molecular formula is C36H40BrN3O4S. The van der Waals surface area contributed by atoms with Crippen molar-refractivity contribution in [2.24, 2.45) is 0 Å². The number of benzene rings is 4. The lowest BCUT2D eigenvalue weighted by Crippen LogP contribution is -2.54. The molecule has 0 aliphatic rings. The summed E-state index contributed by atoms with van der Waals surface area (Å²) in [5.41, 5.74) is 3.84. The van der Waals surface area contributed by atoms with Crippen LogP contribution in [0, 0.1) is 13.8 Å². The highest BCUT2D eigenvalue weighted by Gasteiger charge is 2.35. The summed E-state index contributed by atoms with van der Waals surface area (Å²) in [5.74, 6) is -0.780. The van der Waals surface area contributed by atoms with Gasteiger partial charge >= 0.3 is 0 Å². The second-order valence-electron chi connectivity index (χ2n) is 11.3. The van der Waals surface area contributed by atoms with Crippen LogP contribution in [0.5, 0.6) is 0 Å². The largest absolute Gasteiger partial charge is 0.352 e. The van der Waals surface area contributed by atoms with Gasteiger partial charge in [-0.25, -0.2) is 8.42 Å². The lowest BCUT2D eigenvalue weighted by Gasteiger charge is -2.34. The van der Waals surface area contributed by atoms with Gasteiger partial charge in [0.2, 0.25) is 11.8 Å². The molecular weight excluding hydrogens is 650 g/mol. The zero-order valence-corrected chi connectivity index (χ0v) is 28.5. The number of amides is 2. The van der Waals surface area contributed by atoms with Gasteiger partial charge < -0.3 is 10.2 Å². The highest BCUT2D eigenvalue weighted by molar-refractivity contribution is 9.10. The lowest BCUT2D eigenvalue weighted by molar-refractivity contribution is -0.140. The van der Waals surface area contributed by atoms with Crippen molar-refractivity contribution in [3.05, 3.63) is 130 Å². The van der Waals surface area contributed by atoms with Crippen molar-refractivity contribution in [3.63, 3.8) is 0 Å². The number of halogens is 1. The molecule has 0 radical (unpaired) electrons. The molecule has 4 rings (SSSR count). The first-order valence-electron chi connectivity index (χ1n) is 15.0. The van der Waals surface area contributed by atoms with Crippen LogP contribution >= 0.6 is 15.9 Å². The molecule has 236 valence electrons. The Labute approximate surface area is 275 Å². The van der Waals surface area contributed by atoms with E-state index in [0.717, 1.165) is 37.5 Å². The van der Waals surface area contributed by atoms with E-state index in [9.17, 15) is 18.0 Å². The molecule has 0 bridgehead atoms. The molecule has 45 heavy (non-hydrogen) atoms. The van der Waals surface area contributed by atoms with Gasteiger partial charge in [0.15, 0.2) is 0 Å². The minimum atomic E-state index is -4.14. The smallest absolute Gasteiger partial charge is 0.264 e. The van der Waals surface area contributed by atoms with Crippen LogP contribution in [-0.2, 0) is 32.6 Å². The molecule has 0 heterocycles. The van der Waals surface area contributed by atoms with Crippen LogP contribution in [0.2, 0.25) is 0 Å². The van der Waals surface area contributed by atoms with E-state index in [4.69, 9.17) is 0 Å². The van der Waals surface area contributed by atoms with Crippen molar-refractivity contribution < 1.29 is 18.0 Å². The monoisotopic (exact) mass is 689 g/mol. The van der Waals surface area contributed by atoms with Gasteiger partial charge in [-0.15, -0.1) is 0 Å². The fraction of sp³-hybridized carbons (Fsp3) is 0.278. The van der Waals surface area contributed by atoms with Gasteiger partial charge in [0.25, 0.3) is 10.0 Å². The van der Waals surface area contributed by atoms with E-state index in [1.54, 1.807) is 42.5 Å². The molecule has 0 saturated heterocycles. The number of hydrogen-bond donors (Lipinski definition) is 1. The van der Waals surface area contributed by atoms with Crippen LogP contribution < -0.4 is 9.62 Å². The van der Waals surface area contributed by atoms with Crippen molar-refractivity contribution in [1.29, 1.82) is 0 Å². The third kappa shape index (κ3) is 9.05. The van der Waals surface area contributed by atoms with Crippen molar-refractivity contribution in [2.45, 2.75) is 64.1 Å². The molecule has 2 atom stereocenters. The molecule has 4 aromatic carbocycles. The fourth-order valence-corrected chi connectivity index (χ4v) is 6.60. The number of sulfonamides is 1. The SMILES string of the molecule is CC[C@@H](C)NC(=O)[C@H](Cc1ccccc1)N(Cc1ccc(Br)cc1)C(=O)CN(c1cccc(C)c1)S(=O)(=O)c1ccc(C)cc1. The van der Waals surface area contributed by atoms with Gasteiger partial charge in [-0.05, 0) is 80.3 Å². The van der Waals surface area contributed by atoms with Crippen molar-refractivity contribution in [2.75, 3.05) is 10.8 Å². The third-order valence-corrected chi connectivity index (χ3v) is 10.0. The zero-order chi connectivity index (χ0) is 32.6. The summed E-state index contributed by atoms with van der Waals surface area (Å²) >= 11 is 3.47. The maximum absolute atomic E-state index is 14.5. The number of anilines is 1. The second kappa shape index (κ2) is 15.4. The van der Waals surface area contributed by atoms with Gasteiger partial charge in [0, 0.05) is 23.5 Å². The van der Waals surface area contributed by atoms with E-state index in [2.05, 4.69) is 21.2 Å². The highest BCUT2D eigenvalue weighted by atomic mass is 79.9. The average Bonchev–Trinajstić information content (AvgIpc) is 3.02. The van der Waals surface area contributed by atoms with Crippen LogP contribution in [-0.4, -0.2) is 43.8 Å². The van der Waals surface area contributed by atoms with Gasteiger partial charge in [-0.1, -0.05) is 95.1 Å². The molecule has 0 aliphatic carbocycles. The summed E-state index contributed by atoms with van der Waals surface area (Å²) in [6.45, 7) is 7.29. The van der Waals surface area contributed by atoms with E-state index < -0.39 is 28.5 Å². The number of hydrogen-bond acceptors (Lipinski definition) is 4. The van der Waals surface area contributed by atoms with E-state index in [1.807, 2.05) is 88.4 Å². The summed E-state index contributed by atoms with van der Waals surface area (Å²) in [6.07, 6.45) is 0.987. The molecule has 0 unspecified atom stereocenters. The number of carbonyl (C=O) groups excluding carboxylic acids is 2. The molecule has 0 spiro atoms. The summed E-state index contributed by atoms with van der Waals surface area (Å²) in [7, 11) is -4.14. The van der Waals surface area contributed by atoms with Crippen LogP contribution in [0.15, 0.2) is 112 Å². The minimum Gasteiger partial charge on any atom is -0.352 e. The Morgan fingerprint density at radius 1 is 0.822 bits per heavy atom. The van der Waals surface area contributed by atoms with Crippen molar-refractivity contribution in [3.8, 4) is 0 Å². The van der Waals surface area contributed by atoms with E-state index in [0.29, 0.717) is 5.69 Å². The summed E-state index contributed by atoms with van der Waals surface area (Å²) < 4.78 is 30.3. The Morgan fingerprint density at radius 2 is 1.49 bits per heavy atom. The molecule has 0 fully saturated rings. The third-order valence-electron chi connectivity index (χ3n) is 7.72. The van der Waals surface area contributed by atoms with Gasteiger partial charge in [-0.2, -0.15) is 0 Å². The first-order valence-corrected chi connectivity index (χ1v) is 17.3. The van der Waals surface area contributed by atoms with Crippen LogP contribution in [0.3, 0.4) is 0 Å². The van der Waals surface area contributed by atoms with E-state index in [-0.39, 0.29) is 29.8 Å². The molecule has 1 N–H and O–H groups in total. The normalized spacial score (nSPS) is 12.6. The fourth-order valence-electron chi connectivity index (χ4n) is 4.93. The van der Waals surface area contributed by atoms with Gasteiger partial charge in [0.1, 0.15) is 12.6 Å². The van der Waals surface area contributed by atoms with Crippen LogP contribution in [0.1, 0.15) is 42.5 Å². The minimum absolute atomic E-state index is 0.0808. The number of carbonyl (C=O) groups is 2. The number of nitrogens with zero attached hydrogens (tertiary/aromatic N) is 2. The molecule has 9 heteroatoms. The van der Waals surface area contributed by atoms with Crippen molar-refractivity contribution in [1.82, 2.24) is 10.2 Å². The van der Waals surface area contributed by atoms with E-state index in [1.165, 1.54) is 4.90 Å². The molecule has 0 aliphatic heterocycles. The number of rotatable bonds is 13. The summed E-state index contributed by atoms with van der Waals surface area (Å²) in [6, 6.07) is 29.7. The molecule has 0 aromatic heterocycles.